The molecular weight excluding hydrogens is 1200 g/mol. The van der Waals surface area contributed by atoms with Gasteiger partial charge in [-0.15, -0.1) is 0 Å². The number of aliphatic hydroxyl groups excluding tert-OH is 1. The van der Waals surface area contributed by atoms with E-state index < -0.39 is 167 Å². The topological polar surface area (TPSA) is 296 Å². The molecule has 1 aliphatic rings. The minimum Gasteiger partial charge on any atom is -0.390 e. The molecule has 5 N–H and O–H groups in total. The molecule has 1 heterocycles. The van der Waals surface area contributed by atoms with E-state index in [0.717, 1.165) is 9.80 Å². The Morgan fingerprint density at radius 3 is 1.40 bits per heavy atom. The highest BCUT2D eigenvalue weighted by molar-refractivity contribution is 7.88. The van der Waals surface area contributed by atoms with Crippen molar-refractivity contribution in [3.63, 3.8) is 0 Å². The van der Waals surface area contributed by atoms with Gasteiger partial charge in [-0.25, -0.2) is 4.21 Å². The second-order valence-corrected chi connectivity index (χ2v) is 28.8. The van der Waals surface area contributed by atoms with Crippen molar-refractivity contribution in [2.45, 2.75) is 221 Å². The number of carbonyl (C=O) groups is 11. The smallest absolute Gasteiger partial charge is 0.246 e. The number of amides is 11. The lowest BCUT2D eigenvalue weighted by Crippen LogP contribution is -2.63. The molecule has 0 radical (unpaired) electrons. The summed E-state index contributed by atoms with van der Waals surface area (Å²) in [5.74, 6) is -10.4. The van der Waals surface area contributed by atoms with Gasteiger partial charge in [-0.05, 0) is 106 Å². The van der Waals surface area contributed by atoms with E-state index in [2.05, 4.69) is 21.3 Å². The largest absolute Gasteiger partial charge is 0.390 e. The van der Waals surface area contributed by atoms with E-state index in [1.54, 1.807) is 78.0 Å². The molecule has 92 heavy (non-hydrogen) atoms. The van der Waals surface area contributed by atoms with Crippen LogP contribution in [0.25, 0.3) is 0 Å². The first-order chi connectivity index (χ1) is 42.6. The van der Waals surface area contributed by atoms with Crippen LogP contribution < -0.4 is 21.3 Å². The Kier molecular flexibility index (Phi) is 32.9. The zero-order chi connectivity index (χ0) is 70.7. The molecule has 0 aliphatic carbocycles. The lowest BCUT2D eigenvalue weighted by molar-refractivity contribution is -0.157. The van der Waals surface area contributed by atoms with Crippen LogP contribution in [0.3, 0.4) is 0 Å². The van der Waals surface area contributed by atoms with Gasteiger partial charge in [0.05, 0.1) is 23.4 Å². The van der Waals surface area contributed by atoms with Crippen LogP contribution in [0.1, 0.15) is 149 Å². The lowest BCUT2D eigenvalue weighted by Gasteiger charge is -2.41. The third-order valence-corrected chi connectivity index (χ3v) is 18.2. The SMILES string of the molecule is CC[C@@H]1NC(=O)[C@H]([C@H](O)[C@H](C)C/C=C/S(=O)c2ccccc2)N(C)C(=O)[C@H](C(C)C)N(C)C(=O)[C@H](CC(C)C)N(C)C(=O)[C@H](CC(C)C)N(C)C(=O)[C@@H](C)NC(=O)[C@H](C)NC(=O)[C@H](CC(C)C)N(C)C(=O)[C@H](C(C)C)NC(=O)[C@H](CC(C)C)N(C)C(=O)CN(C)C1=O. The summed E-state index contributed by atoms with van der Waals surface area (Å²) >= 11 is 0. The average Bonchev–Trinajstić information content (AvgIpc) is 1.04. The van der Waals surface area contributed by atoms with Crippen LogP contribution in [-0.2, 0) is 63.5 Å². The van der Waals surface area contributed by atoms with Crippen molar-refractivity contribution in [2.75, 3.05) is 55.9 Å². The molecule has 24 nitrogen and oxygen atoms in total. The van der Waals surface area contributed by atoms with Gasteiger partial charge in [0.2, 0.25) is 65.0 Å². The molecule has 1 fully saturated rings. The fraction of sp³-hybridized carbons (Fsp3) is 0.716. The van der Waals surface area contributed by atoms with Gasteiger partial charge in [0.1, 0.15) is 60.4 Å². The molecule has 1 aliphatic heterocycles. The second kappa shape index (κ2) is 37.2. The van der Waals surface area contributed by atoms with E-state index >= 15 is 19.2 Å². The molecule has 0 bridgehead atoms. The molecule has 1 aromatic rings. The van der Waals surface area contributed by atoms with Crippen molar-refractivity contribution in [2.24, 2.45) is 41.4 Å². The number of nitrogens with zero attached hydrogens (tertiary/aromatic N) is 7. The van der Waals surface area contributed by atoms with Crippen molar-refractivity contribution in [3.8, 4) is 0 Å². The van der Waals surface area contributed by atoms with Crippen molar-refractivity contribution in [3.05, 3.63) is 41.8 Å². The predicted octanol–water partition coefficient (Wildman–Crippen LogP) is 4.01. The molecule has 0 saturated carbocycles. The molecular formula is C67H113N11O13S. The number of hydrogen-bond donors (Lipinski definition) is 5. The van der Waals surface area contributed by atoms with E-state index in [-0.39, 0.29) is 62.2 Å². The number of benzene rings is 1. The molecule has 0 aromatic heterocycles. The van der Waals surface area contributed by atoms with Crippen LogP contribution in [0.4, 0.5) is 0 Å². The molecule has 2 rings (SSSR count). The number of allylic oxidation sites excluding steroid dienone is 1. The molecule has 11 amide bonds. The van der Waals surface area contributed by atoms with Gasteiger partial charge in [0.15, 0.2) is 0 Å². The summed E-state index contributed by atoms with van der Waals surface area (Å²) in [6.45, 7) is 27.2. The van der Waals surface area contributed by atoms with E-state index in [4.69, 9.17) is 0 Å². The Bertz CT molecular complexity index is 2740. The Balaban J connectivity index is 2.99. The summed E-state index contributed by atoms with van der Waals surface area (Å²) in [6.07, 6.45) is 0.543. The predicted molar refractivity (Wildman–Crippen MR) is 356 cm³/mol. The minimum absolute atomic E-state index is 0.0233. The molecule has 25 heteroatoms. The zero-order valence-corrected chi connectivity index (χ0v) is 60.1. The summed E-state index contributed by atoms with van der Waals surface area (Å²) in [4.78, 5) is 170. The molecule has 0 spiro atoms. The molecule has 13 atom stereocenters. The van der Waals surface area contributed by atoms with Gasteiger partial charge in [-0.3, -0.25) is 52.7 Å². The summed E-state index contributed by atoms with van der Waals surface area (Å²) in [5, 5.41) is 24.8. The normalized spacial score (nSPS) is 26.1. The standard InChI is InChI=1S/C67H113N11O13S/c1-24-48-63(86)72(17)37-53(79)73(18)49(33-38(2)3)60(83)71-54(42(10)11)66(89)74(19)50(34-39(4)5)59(82)68-45(15)58(81)69-46(16)62(85)75(20)51(35-40(6)7)64(87)76(21)52(36-41(8)9)65(88)77(22)55(43(12)13)67(90)78(23)56(61(84)70-48)57(80)44(14)29-28-32-92(91)47-30-26-25-27-31-47/h25-28,30-32,38-46,48-52,54-57,80H,24,29,33-37H2,1-23H3,(H,68,82)(H,69,81)(H,70,84)(H,71,83)/b32-28+/t44-,45+,46-,48+,49+,50+,51+,52+,54+,55+,56+,57-,92?/m1/s1. The highest BCUT2D eigenvalue weighted by Gasteiger charge is 2.46. The van der Waals surface area contributed by atoms with Gasteiger partial charge < -0.3 is 60.7 Å². The van der Waals surface area contributed by atoms with Gasteiger partial charge in [0.25, 0.3) is 0 Å². The second-order valence-electron chi connectivity index (χ2n) is 27.5. The molecule has 1 saturated heterocycles. The van der Waals surface area contributed by atoms with Gasteiger partial charge >= 0.3 is 0 Å². The molecule has 520 valence electrons. The van der Waals surface area contributed by atoms with Crippen molar-refractivity contribution in [1.29, 1.82) is 0 Å². The fourth-order valence-electron chi connectivity index (χ4n) is 11.3. The third kappa shape index (κ3) is 22.8. The van der Waals surface area contributed by atoms with E-state index in [0.29, 0.717) is 4.90 Å². The maximum absolute atomic E-state index is 15.3. The average molecular weight is 1310 g/mol. The van der Waals surface area contributed by atoms with Crippen LogP contribution in [-0.4, -0.2) is 231 Å². The Labute approximate surface area is 550 Å². The summed E-state index contributed by atoms with van der Waals surface area (Å²) < 4.78 is 13.2. The Hall–Kier alpha value is -6.76. The number of aliphatic hydroxyl groups is 1. The lowest BCUT2D eigenvalue weighted by atomic mass is 9.91. The van der Waals surface area contributed by atoms with Gasteiger partial charge in [-0.1, -0.05) is 121 Å². The quantitative estimate of drug-likeness (QED) is 0.148. The van der Waals surface area contributed by atoms with Crippen LogP contribution in [0.5, 0.6) is 0 Å². The fourth-order valence-corrected chi connectivity index (χ4v) is 12.2. The van der Waals surface area contributed by atoms with Crippen LogP contribution in [0.2, 0.25) is 0 Å². The molecule has 1 unspecified atom stereocenters. The number of hydrogen-bond acceptors (Lipinski definition) is 13. The Morgan fingerprint density at radius 2 is 0.924 bits per heavy atom. The maximum Gasteiger partial charge on any atom is 0.246 e. The number of likely N-dealkylation sites (N-methyl/N-ethyl adjacent to an activating group) is 7. The highest BCUT2D eigenvalue weighted by Crippen LogP contribution is 2.26. The van der Waals surface area contributed by atoms with Crippen molar-refractivity contribution < 1.29 is 62.1 Å². The maximum atomic E-state index is 15.3. The van der Waals surface area contributed by atoms with Crippen molar-refractivity contribution in [1.82, 2.24) is 55.6 Å². The first kappa shape index (κ1) is 81.3. The highest BCUT2D eigenvalue weighted by atomic mass is 32.2. The minimum atomic E-state index is -1.72. The summed E-state index contributed by atoms with van der Waals surface area (Å²) in [6, 6.07) is -4.04. The van der Waals surface area contributed by atoms with Crippen LogP contribution >= 0.6 is 0 Å². The van der Waals surface area contributed by atoms with Gasteiger partial charge in [0, 0.05) is 59.6 Å². The van der Waals surface area contributed by atoms with E-state index in [9.17, 15) is 42.9 Å². The molecule has 1 aromatic carbocycles. The summed E-state index contributed by atoms with van der Waals surface area (Å²) in [5.41, 5.74) is 0. The monoisotopic (exact) mass is 1310 g/mol. The van der Waals surface area contributed by atoms with E-state index in [1.807, 2.05) is 55.4 Å². The van der Waals surface area contributed by atoms with E-state index in [1.165, 1.54) is 93.1 Å². The summed E-state index contributed by atoms with van der Waals surface area (Å²) in [7, 11) is 8.23. The van der Waals surface area contributed by atoms with Gasteiger partial charge in [-0.2, -0.15) is 0 Å². The number of carbonyl (C=O) groups excluding carboxylic acids is 11. The van der Waals surface area contributed by atoms with Crippen LogP contribution in [0.15, 0.2) is 46.7 Å². The van der Waals surface area contributed by atoms with Crippen LogP contribution in [0, 0.1) is 41.4 Å². The van der Waals surface area contributed by atoms with Crippen molar-refractivity contribution >= 4 is 75.8 Å². The zero-order valence-electron chi connectivity index (χ0n) is 59.3. The first-order valence-corrected chi connectivity index (χ1v) is 33.7. The third-order valence-electron chi connectivity index (χ3n) is 17.0. The number of nitrogens with one attached hydrogen (secondary N) is 4. The Morgan fingerprint density at radius 1 is 0.489 bits per heavy atom. The first-order valence-electron chi connectivity index (χ1n) is 32.5. The number of rotatable bonds is 17.